The molecule has 1 aromatic carbocycles. The highest BCUT2D eigenvalue weighted by molar-refractivity contribution is 5.44. The van der Waals surface area contributed by atoms with Gasteiger partial charge in [0, 0.05) is 38.3 Å². The number of likely N-dealkylation sites (N-methyl/N-ethyl adjacent to an activating group) is 1. The maximum Gasteiger partial charge on any atom is 0.173 e. The first-order valence-electron chi connectivity index (χ1n) is 10.8. The van der Waals surface area contributed by atoms with Crippen LogP contribution in [0.5, 0.6) is 11.5 Å². The van der Waals surface area contributed by atoms with Crippen molar-refractivity contribution in [2.45, 2.75) is 38.5 Å². The van der Waals surface area contributed by atoms with Gasteiger partial charge in [-0.15, -0.1) is 5.10 Å². The van der Waals surface area contributed by atoms with E-state index in [1.54, 1.807) is 14.2 Å². The minimum absolute atomic E-state index is 0.120. The van der Waals surface area contributed by atoms with Crippen LogP contribution in [0.15, 0.2) is 18.2 Å². The smallest absolute Gasteiger partial charge is 0.173 e. The van der Waals surface area contributed by atoms with E-state index in [1.165, 1.54) is 0 Å². The molecule has 30 heavy (non-hydrogen) atoms. The molecular weight excluding hydrogens is 384 g/mol. The van der Waals surface area contributed by atoms with Crippen LogP contribution in [-0.4, -0.2) is 89.7 Å². The molecule has 0 N–H and O–H groups in total. The minimum atomic E-state index is -0.120. The molecule has 0 spiro atoms. The molecule has 164 valence electrons. The Morgan fingerprint density at radius 3 is 2.67 bits per heavy atom. The fourth-order valence-electron chi connectivity index (χ4n) is 4.41. The first-order chi connectivity index (χ1) is 14.7. The number of aromatic nitrogens is 4. The van der Waals surface area contributed by atoms with Crippen molar-refractivity contribution >= 4 is 0 Å². The number of tetrazole rings is 1. The van der Waals surface area contributed by atoms with Gasteiger partial charge < -0.3 is 19.1 Å². The number of rotatable bonds is 8. The third-order valence-electron chi connectivity index (χ3n) is 6.16. The topological polar surface area (TPSA) is 77.8 Å². The van der Waals surface area contributed by atoms with Gasteiger partial charge in [0.05, 0.1) is 26.9 Å². The summed E-state index contributed by atoms with van der Waals surface area (Å²) < 4.78 is 19.0. The molecule has 2 saturated heterocycles. The summed E-state index contributed by atoms with van der Waals surface area (Å²) in [5.74, 6) is 2.42. The predicted octanol–water partition coefficient (Wildman–Crippen LogP) is 1.60. The maximum absolute atomic E-state index is 5.84. The van der Waals surface area contributed by atoms with Crippen LogP contribution >= 0.6 is 0 Å². The van der Waals surface area contributed by atoms with Crippen molar-refractivity contribution < 1.29 is 14.2 Å². The van der Waals surface area contributed by atoms with Gasteiger partial charge in [0.25, 0.3) is 0 Å². The van der Waals surface area contributed by atoms with Crippen molar-refractivity contribution in [2.24, 2.45) is 0 Å². The van der Waals surface area contributed by atoms with E-state index in [0.717, 1.165) is 75.1 Å². The standard InChI is InChI=1S/C21H32N6O3/c1-4-25-9-11-26(12-10-25)20(18-14-16(28-2)7-8-19(18)29-3)21-22-23-24-27(21)15-17-6-5-13-30-17/h7-8,14,17,20H,4-6,9-13,15H2,1-3H3. The minimum Gasteiger partial charge on any atom is -0.497 e. The van der Waals surface area contributed by atoms with E-state index in [1.807, 2.05) is 22.9 Å². The molecule has 3 heterocycles. The van der Waals surface area contributed by atoms with Crippen molar-refractivity contribution in [3.8, 4) is 11.5 Å². The summed E-state index contributed by atoms with van der Waals surface area (Å²) in [4.78, 5) is 4.91. The highest BCUT2D eigenvalue weighted by Crippen LogP contribution is 2.36. The van der Waals surface area contributed by atoms with Gasteiger partial charge in [-0.3, -0.25) is 4.90 Å². The van der Waals surface area contributed by atoms with E-state index < -0.39 is 0 Å². The number of piperazine rings is 1. The molecular formula is C21H32N6O3. The summed E-state index contributed by atoms with van der Waals surface area (Å²) in [6.45, 7) is 8.67. The summed E-state index contributed by atoms with van der Waals surface area (Å²) in [5, 5.41) is 12.8. The first kappa shape index (κ1) is 21.0. The van der Waals surface area contributed by atoms with E-state index in [9.17, 15) is 0 Å². The molecule has 9 heteroatoms. The lowest BCUT2D eigenvalue weighted by Gasteiger charge is -2.39. The van der Waals surface area contributed by atoms with Crippen LogP contribution in [0.1, 0.15) is 37.2 Å². The molecule has 0 bridgehead atoms. The molecule has 0 aliphatic carbocycles. The van der Waals surface area contributed by atoms with Crippen LogP contribution in [0.25, 0.3) is 0 Å². The Hall–Kier alpha value is -2.23. The zero-order chi connectivity index (χ0) is 20.9. The van der Waals surface area contributed by atoms with Crippen molar-refractivity contribution in [3.63, 3.8) is 0 Å². The summed E-state index contributed by atoms with van der Waals surface area (Å²) in [7, 11) is 3.38. The van der Waals surface area contributed by atoms with Crippen LogP contribution in [0.4, 0.5) is 0 Å². The molecule has 0 radical (unpaired) electrons. The molecule has 2 aliphatic heterocycles. The SMILES string of the molecule is CCN1CCN(C(c2cc(OC)ccc2OC)c2nnnn2CC2CCCO2)CC1. The zero-order valence-electron chi connectivity index (χ0n) is 18.2. The number of methoxy groups -OCH3 is 2. The largest absolute Gasteiger partial charge is 0.497 e. The highest BCUT2D eigenvalue weighted by atomic mass is 16.5. The third-order valence-corrected chi connectivity index (χ3v) is 6.16. The van der Waals surface area contributed by atoms with Gasteiger partial charge in [-0.25, -0.2) is 4.68 Å². The van der Waals surface area contributed by atoms with E-state index in [4.69, 9.17) is 14.2 Å². The monoisotopic (exact) mass is 416 g/mol. The Morgan fingerprint density at radius 2 is 2.00 bits per heavy atom. The van der Waals surface area contributed by atoms with Gasteiger partial charge in [-0.05, 0) is 48.0 Å². The summed E-state index contributed by atoms with van der Waals surface area (Å²) in [5.41, 5.74) is 1.02. The van der Waals surface area contributed by atoms with Gasteiger partial charge in [0.2, 0.25) is 0 Å². The predicted molar refractivity (Wildman–Crippen MR) is 112 cm³/mol. The first-order valence-corrected chi connectivity index (χ1v) is 10.8. The van der Waals surface area contributed by atoms with Crippen LogP contribution in [0, 0.1) is 0 Å². The molecule has 0 amide bonds. The second-order valence-electron chi connectivity index (χ2n) is 7.83. The van der Waals surface area contributed by atoms with Crippen LogP contribution in [0.2, 0.25) is 0 Å². The van der Waals surface area contributed by atoms with Gasteiger partial charge in [0.15, 0.2) is 5.82 Å². The molecule has 0 saturated carbocycles. The number of benzene rings is 1. The zero-order valence-corrected chi connectivity index (χ0v) is 18.2. The number of ether oxygens (including phenoxy) is 3. The molecule has 2 aromatic rings. The van der Waals surface area contributed by atoms with Crippen molar-refractivity contribution in [2.75, 3.05) is 53.6 Å². The van der Waals surface area contributed by atoms with E-state index in [0.29, 0.717) is 6.54 Å². The van der Waals surface area contributed by atoms with Crippen LogP contribution in [0.3, 0.4) is 0 Å². The summed E-state index contributed by atoms with van der Waals surface area (Å²) in [6.07, 6.45) is 2.30. The maximum atomic E-state index is 5.84. The molecule has 1 aromatic heterocycles. The molecule has 2 atom stereocenters. The fraction of sp³-hybridized carbons (Fsp3) is 0.667. The Morgan fingerprint density at radius 1 is 1.17 bits per heavy atom. The Balaban J connectivity index is 1.71. The van der Waals surface area contributed by atoms with Crippen molar-refractivity contribution in [1.82, 2.24) is 30.0 Å². The second-order valence-corrected chi connectivity index (χ2v) is 7.83. The van der Waals surface area contributed by atoms with Crippen molar-refractivity contribution in [1.29, 1.82) is 0 Å². The number of nitrogens with zero attached hydrogens (tertiary/aromatic N) is 6. The molecule has 4 rings (SSSR count). The van der Waals surface area contributed by atoms with Gasteiger partial charge in [-0.2, -0.15) is 0 Å². The van der Waals surface area contributed by atoms with Gasteiger partial charge in [0.1, 0.15) is 17.5 Å². The van der Waals surface area contributed by atoms with Crippen molar-refractivity contribution in [3.05, 3.63) is 29.6 Å². The Bertz CT molecular complexity index is 815. The Kier molecular flexibility index (Phi) is 6.81. The Labute approximate surface area is 177 Å². The summed E-state index contributed by atoms with van der Waals surface area (Å²) in [6, 6.07) is 5.80. The molecule has 2 fully saturated rings. The van der Waals surface area contributed by atoms with E-state index in [-0.39, 0.29) is 12.1 Å². The summed E-state index contributed by atoms with van der Waals surface area (Å²) >= 11 is 0. The third kappa shape index (κ3) is 4.43. The normalized spacial score (nSPS) is 21.6. The highest BCUT2D eigenvalue weighted by Gasteiger charge is 2.33. The fourth-order valence-corrected chi connectivity index (χ4v) is 4.41. The molecule has 9 nitrogen and oxygen atoms in total. The van der Waals surface area contributed by atoms with E-state index in [2.05, 4.69) is 32.2 Å². The molecule has 2 unspecified atom stereocenters. The lowest BCUT2D eigenvalue weighted by Crippen LogP contribution is -2.48. The van der Waals surface area contributed by atoms with Gasteiger partial charge >= 0.3 is 0 Å². The number of hydrogen-bond donors (Lipinski definition) is 0. The quantitative estimate of drug-likeness (QED) is 0.642. The second kappa shape index (κ2) is 9.72. The lowest BCUT2D eigenvalue weighted by molar-refractivity contribution is 0.0858. The van der Waals surface area contributed by atoms with Crippen LogP contribution in [-0.2, 0) is 11.3 Å². The van der Waals surface area contributed by atoms with Crippen LogP contribution < -0.4 is 9.47 Å². The average Bonchev–Trinajstić information content (AvgIpc) is 3.47. The molecule has 2 aliphatic rings. The van der Waals surface area contributed by atoms with E-state index >= 15 is 0 Å². The number of hydrogen-bond acceptors (Lipinski definition) is 8. The lowest BCUT2D eigenvalue weighted by atomic mass is 10.0. The average molecular weight is 417 g/mol. The van der Waals surface area contributed by atoms with Gasteiger partial charge in [-0.1, -0.05) is 6.92 Å².